The molecule has 0 bridgehead atoms. The van der Waals surface area contributed by atoms with Crippen molar-refractivity contribution >= 4 is 10.0 Å². The third-order valence-corrected chi connectivity index (χ3v) is 6.71. The van der Waals surface area contributed by atoms with E-state index in [1.807, 2.05) is 0 Å². The van der Waals surface area contributed by atoms with Crippen LogP contribution in [0, 0.1) is 5.92 Å². The molecule has 0 aromatic rings. The van der Waals surface area contributed by atoms with Gasteiger partial charge in [0.05, 0.1) is 24.1 Å². The summed E-state index contributed by atoms with van der Waals surface area (Å²) >= 11 is 0. The number of hydrogen-bond donors (Lipinski definition) is 0. The summed E-state index contributed by atoms with van der Waals surface area (Å²) in [5, 5.41) is 0. The molecule has 5 nitrogen and oxygen atoms in total. The summed E-state index contributed by atoms with van der Waals surface area (Å²) in [4.78, 5) is 0. The number of rotatable bonds is 5. The van der Waals surface area contributed by atoms with Gasteiger partial charge in [-0.15, -0.1) is 0 Å². The van der Waals surface area contributed by atoms with Crippen LogP contribution in [0.1, 0.15) is 39.0 Å². The van der Waals surface area contributed by atoms with Crippen LogP contribution in [0.4, 0.5) is 0 Å². The molecule has 116 valence electrons. The minimum atomic E-state index is -3.05. The summed E-state index contributed by atoms with van der Waals surface area (Å²) in [6.07, 6.45) is 5.36. The zero-order valence-electron chi connectivity index (χ0n) is 12.2. The third kappa shape index (κ3) is 3.18. The van der Waals surface area contributed by atoms with Crippen LogP contribution < -0.4 is 0 Å². The first kappa shape index (κ1) is 14.8. The van der Waals surface area contributed by atoms with Gasteiger partial charge in [0.25, 0.3) is 0 Å². The van der Waals surface area contributed by atoms with Crippen molar-refractivity contribution in [3.8, 4) is 0 Å². The van der Waals surface area contributed by atoms with Gasteiger partial charge in [0, 0.05) is 26.1 Å². The predicted molar refractivity (Wildman–Crippen MR) is 76.0 cm³/mol. The lowest BCUT2D eigenvalue weighted by atomic mass is 9.89. The van der Waals surface area contributed by atoms with Crippen LogP contribution in [0.5, 0.6) is 0 Å². The quantitative estimate of drug-likeness (QED) is 0.770. The normalized spacial score (nSPS) is 30.9. The molecular formula is C14H25NO4S. The van der Waals surface area contributed by atoms with Crippen molar-refractivity contribution in [2.75, 3.05) is 32.1 Å². The van der Waals surface area contributed by atoms with Crippen molar-refractivity contribution in [3.05, 3.63) is 0 Å². The highest BCUT2D eigenvalue weighted by Gasteiger charge is 2.44. The second-order valence-corrected chi connectivity index (χ2v) is 8.65. The van der Waals surface area contributed by atoms with Gasteiger partial charge >= 0.3 is 0 Å². The number of nitrogens with zero attached hydrogens (tertiary/aromatic N) is 1. The van der Waals surface area contributed by atoms with Crippen LogP contribution in [0.15, 0.2) is 0 Å². The number of hydrogen-bond acceptors (Lipinski definition) is 4. The molecule has 2 heterocycles. The maximum absolute atomic E-state index is 11.9. The molecule has 0 radical (unpaired) electrons. The fourth-order valence-electron chi connectivity index (χ4n) is 3.17. The van der Waals surface area contributed by atoms with E-state index >= 15 is 0 Å². The summed E-state index contributed by atoms with van der Waals surface area (Å²) in [7, 11) is -3.05. The van der Waals surface area contributed by atoms with E-state index in [4.69, 9.17) is 9.47 Å². The largest absolute Gasteiger partial charge is 0.375 e. The Bertz CT molecular complexity index is 438. The number of ether oxygens (including phenoxy) is 2. The Morgan fingerprint density at radius 1 is 1.30 bits per heavy atom. The maximum atomic E-state index is 11.9. The molecule has 3 aliphatic rings. The van der Waals surface area contributed by atoms with E-state index < -0.39 is 10.0 Å². The van der Waals surface area contributed by atoms with Crippen LogP contribution in [-0.2, 0) is 19.5 Å². The number of piperidine rings is 1. The average Bonchev–Trinajstić information content (AvgIpc) is 3.20. The highest BCUT2D eigenvalue weighted by atomic mass is 32.2. The van der Waals surface area contributed by atoms with E-state index in [-0.39, 0.29) is 17.5 Å². The Morgan fingerprint density at radius 2 is 2.00 bits per heavy atom. The Morgan fingerprint density at radius 3 is 2.60 bits per heavy atom. The van der Waals surface area contributed by atoms with Gasteiger partial charge in [-0.2, -0.15) is 0 Å². The van der Waals surface area contributed by atoms with Gasteiger partial charge in [-0.05, 0) is 38.5 Å². The molecule has 1 atom stereocenters. The molecule has 1 spiro atoms. The minimum Gasteiger partial charge on any atom is -0.375 e. The van der Waals surface area contributed by atoms with Gasteiger partial charge in [-0.25, -0.2) is 12.7 Å². The van der Waals surface area contributed by atoms with Crippen LogP contribution in [-0.4, -0.2) is 56.5 Å². The SMILES string of the molecule is CCS(=O)(=O)N1CCC2(CC1)C[C@@H](OCC1CC1)CO2. The first-order valence-electron chi connectivity index (χ1n) is 7.76. The Balaban J connectivity index is 1.49. The smallest absolute Gasteiger partial charge is 0.213 e. The molecule has 1 saturated carbocycles. The van der Waals surface area contributed by atoms with Gasteiger partial charge in [0.1, 0.15) is 0 Å². The summed E-state index contributed by atoms with van der Waals surface area (Å²) < 4.78 is 37.3. The van der Waals surface area contributed by atoms with Gasteiger partial charge in [-0.3, -0.25) is 0 Å². The van der Waals surface area contributed by atoms with Crippen LogP contribution in [0.3, 0.4) is 0 Å². The standard InChI is InChI=1S/C14H25NO4S/c1-2-20(16,17)15-7-5-14(6-8-15)9-13(11-19-14)18-10-12-3-4-12/h12-13H,2-11H2,1H3/t13-/m1/s1. The Hall–Kier alpha value is -0.170. The molecule has 0 aromatic heterocycles. The molecule has 2 saturated heterocycles. The van der Waals surface area contributed by atoms with Crippen molar-refractivity contribution in [2.45, 2.75) is 50.7 Å². The van der Waals surface area contributed by atoms with E-state index in [1.54, 1.807) is 11.2 Å². The average molecular weight is 303 g/mol. The molecule has 0 N–H and O–H groups in total. The molecule has 3 fully saturated rings. The number of sulfonamides is 1. The lowest BCUT2D eigenvalue weighted by Crippen LogP contribution is -2.47. The van der Waals surface area contributed by atoms with Crippen molar-refractivity contribution in [3.63, 3.8) is 0 Å². The second kappa shape index (κ2) is 5.55. The Labute approximate surface area is 121 Å². The van der Waals surface area contributed by atoms with Crippen molar-refractivity contribution in [1.82, 2.24) is 4.31 Å². The molecule has 2 aliphatic heterocycles. The van der Waals surface area contributed by atoms with E-state index in [2.05, 4.69) is 0 Å². The third-order valence-electron chi connectivity index (χ3n) is 4.83. The van der Waals surface area contributed by atoms with Gasteiger partial charge in [0.15, 0.2) is 0 Å². The van der Waals surface area contributed by atoms with Crippen molar-refractivity contribution in [1.29, 1.82) is 0 Å². The van der Waals surface area contributed by atoms with Crippen LogP contribution >= 0.6 is 0 Å². The zero-order chi connectivity index (χ0) is 14.2. The lowest BCUT2D eigenvalue weighted by Gasteiger charge is -2.37. The molecule has 0 unspecified atom stereocenters. The first-order valence-corrected chi connectivity index (χ1v) is 9.37. The van der Waals surface area contributed by atoms with Crippen molar-refractivity contribution < 1.29 is 17.9 Å². The molecular weight excluding hydrogens is 278 g/mol. The summed E-state index contributed by atoms with van der Waals surface area (Å²) in [6, 6.07) is 0. The highest BCUT2D eigenvalue weighted by Crippen LogP contribution is 2.38. The van der Waals surface area contributed by atoms with E-state index in [1.165, 1.54) is 12.8 Å². The van der Waals surface area contributed by atoms with E-state index in [0.29, 0.717) is 19.7 Å². The monoisotopic (exact) mass is 303 g/mol. The van der Waals surface area contributed by atoms with Crippen molar-refractivity contribution in [2.24, 2.45) is 5.92 Å². The van der Waals surface area contributed by atoms with Gasteiger partial charge in [0.2, 0.25) is 10.0 Å². The van der Waals surface area contributed by atoms with Crippen LogP contribution in [0.25, 0.3) is 0 Å². The fourth-order valence-corrected chi connectivity index (χ4v) is 4.27. The van der Waals surface area contributed by atoms with Crippen LogP contribution in [0.2, 0.25) is 0 Å². The van der Waals surface area contributed by atoms with Gasteiger partial charge < -0.3 is 9.47 Å². The molecule has 6 heteroatoms. The zero-order valence-corrected chi connectivity index (χ0v) is 13.0. The lowest BCUT2D eigenvalue weighted by molar-refractivity contribution is -0.0340. The summed E-state index contributed by atoms with van der Waals surface area (Å²) in [5.41, 5.74) is -0.131. The predicted octanol–water partition coefficient (Wildman–Crippen LogP) is 1.39. The Kier molecular flexibility index (Phi) is 4.10. The minimum absolute atomic E-state index is 0.131. The molecule has 0 amide bonds. The molecule has 1 aliphatic carbocycles. The highest BCUT2D eigenvalue weighted by molar-refractivity contribution is 7.89. The fraction of sp³-hybridized carbons (Fsp3) is 1.00. The molecule has 0 aromatic carbocycles. The first-order chi connectivity index (χ1) is 9.53. The molecule has 20 heavy (non-hydrogen) atoms. The van der Waals surface area contributed by atoms with E-state index in [9.17, 15) is 8.42 Å². The summed E-state index contributed by atoms with van der Waals surface area (Å²) in [6.45, 7) is 4.43. The van der Waals surface area contributed by atoms with Gasteiger partial charge in [-0.1, -0.05) is 0 Å². The second-order valence-electron chi connectivity index (χ2n) is 6.40. The molecule has 3 rings (SSSR count). The van der Waals surface area contributed by atoms with E-state index in [0.717, 1.165) is 31.8 Å². The maximum Gasteiger partial charge on any atom is 0.213 e. The summed E-state index contributed by atoms with van der Waals surface area (Å²) in [5.74, 6) is 0.969. The topological polar surface area (TPSA) is 55.8 Å².